The van der Waals surface area contributed by atoms with E-state index in [2.05, 4.69) is 37.4 Å². The Bertz CT molecular complexity index is 1420. The van der Waals surface area contributed by atoms with E-state index < -0.39 is 17.2 Å². The van der Waals surface area contributed by atoms with Crippen molar-refractivity contribution in [3.8, 4) is 0 Å². The maximum atomic E-state index is 12.8. The van der Waals surface area contributed by atoms with Crippen molar-refractivity contribution in [3.63, 3.8) is 0 Å². The summed E-state index contributed by atoms with van der Waals surface area (Å²) in [6.07, 6.45) is 1.46. The molecule has 172 valence electrons. The number of hydrogen-bond donors (Lipinski definition) is 1. The van der Waals surface area contributed by atoms with Crippen LogP contribution >= 0.6 is 11.8 Å². The van der Waals surface area contributed by atoms with Gasteiger partial charge in [0.15, 0.2) is 0 Å². The lowest BCUT2D eigenvalue weighted by Gasteiger charge is -2.11. The first kappa shape index (κ1) is 23.3. The van der Waals surface area contributed by atoms with Crippen LogP contribution in [0.3, 0.4) is 0 Å². The first-order valence-corrected chi connectivity index (χ1v) is 11.7. The van der Waals surface area contributed by atoms with Crippen LogP contribution in [0.15, 0.2) is 104 Å². The van der Waals surface area contributed by atoms with Gasteiger partial charge in [-0.2, -0.15) is 0 Å². The third-order valence-corrected chi connectivity index (χ3v) is 6.51. The molecule has 34 heavy (non-hydrogen) atoms. The average Bonchev–Trinajstić information content (AvgIpc) is 2.83. The molecule has 1 aromatic heterocycles. The van der Waals surface area contributed by atoms with E-state index in [9.17, 15) is 14.4 Å². The lowest BCUT2D eigenvalue weighted by Crippen LogP contribution is -2.41. The van der Waals surface area contributed by atoms with Crippen molar-refractivity contribution in [1.29, 1.82) is 0 Å². The van der Waals surface area contributed by atoms with E-state index in [1.54, 1.807) is 11.8 Å². The Morgan fingerprint density at radius 3 is 2.38 bits per heavy atom. The molecule has 0 saturated heterocycles. The number of rotatable bonds is 7. The fourth-order valence-corrected chi connectivity index (χ4v) is 4.50. The lowest BCUT2D eigenvalue weighted by molar-refractivity contribution is -0.116. The number of amides is 1. The highest BCUT2D eigenvalue weighted by Gasteiger charge is 2.11. The SMILES string of the molecule is Cc1ccc(C)c(Sc2ccc(NC(=O)Cn3c(=O)ccn(Cc4ccccc4)c3=O)cc2)c1. The lowest BCUT2D eigenvalue weighted by atomic mass is 10.2. The van der Waals surface area contributed by atoms with Crippen LogP contribution in [0, 0.1) is 13.8 Å². The third kappa shape index (κ3) is 5.74. The van der Waals surface area contributed by atoms with Crippen molar-refractivity contribution in [3.05, 3.63) is 123 Å². The standard InChI is InChI=1S/C27H25N3O3S/c1-19-8-9-20(2)24(16-19)34-23-12-10-22(11-13-23)28-25(31)18-30-26(32)14-15-29(27(30)33)17-21-6-4-3-5-7-21/h3-16H,17-18H2,1-2H3,(H,28,31). The number of nitrogens with one attached hydrogen (secondary N) is 1. The topological polar surface area (TPSA) is 73.1 Å². The van der Waals surface area contributed by atoms with Crippen molar-refractivity contribution in [2.24, 2.45) is 0 Å². The number of aryl methyl sites for hydroxylation is 2. The highest BCUT2D eigenvalue weighted by atomic mass is 32.2. The first-order valence-electron chi connectivity index (χ1n) is 10.9. The van der Waals surface area contributed by atoms with Crippen molar-refractivity contribution in [2.75, 3.05) is 5.32 Å². The quantitative estimate of drug-likeness (QED) is 0.432. The summed E-state index contributed by atoms with van der Waals surface area (Å²) in [5, 5.41) is 2.77. The number of anilines is 1. The van der Waals surface area contributed by atoms with E-state index in [-0.39, 0.29) is 6.54 Å². The van der Waals surface area contributed by atoms with Crippen LogP contribution in [0.5, 0.6) is 0 Å². The number of carbonyl (C=O) groups is 1. The summed E-state index contributed by atoms with van der Waals surface area (Å²) in [6, 6.07) is 24.6. The summed E-state index contributed by atoms with van der Waals surface area (Å²) in [6.45, 7) is 4.11. The van der Waals surface area contributed by atoms with E-state index in [4.69, 9.17) is 0 Å². The molecule has 0 saturated carbocycles. The Hall–Kier alpha value is -3.84. The molecular formula is C27H25N3O3S. The van der Waals surface area contributed by atoms with Crippen LogP contribution in [0.1, 0.15) is 16.7 Å². The van der Waals surface area contributed by atoms with Gasteiger partial charge in [0.25, 0.3) is 5.56 Å². The van der Waals surface area contributed by atoms with Gasteiger partial charge >= 0.3 is 5.69 Å². The van der Waals surface area contributed by atoms with Gasteiger partial charge in [0, 0.05) is 27.7 Å². The van der Waals surface area contributed by atoms with Gasteiger partial charge in [0.1, 0.15) is 6.54 Å². The zero-order valence-electron chi connectivity index (χ0n) is 19.0. The highest BCUT2D eigenvalue weighted by molar-refractivity contribution is 7.99. The Morgan fingerprint density at radius 1 is 0.912 bits per heavy atom. The average molecular weight is 472 g/mol. The van der Waals surface area contributed by atoms with Gasteiger partial charge in [-0.1, -0.05) is 54.2 Å². The molecular weight excluding hydrogens is 446 g/mol. The van der Waals surface area contributed by atoms with Crippen molar-refractivity contribution in [2.45, 2.75) is 36.7 Å². The van der Waals surface area contributed by atoms with Crippen LogP contribution in [-0.4, -0.2) is 15.0 Å². The van der Waals surface area contributed by atoms with E-state index >= 15 is 0 Å². The zero-order chi connectivity index (χ0) is 24.1. The maximum absolute atomic E-state index is 12.8. The summed E-state index contributed by atoms with van der Waals surface area (Å²) < 4.78 is 2.37. The smallest absolute Gasteiger partial charge is 0.325 e. The first-order chi connectivity index (χ1) is 16.4. The Morgan fingerprint density at radius 2 is 1.65 bits per heavy atom. The van der Waals surface area contributed by atoms with Gasteiger partial charge in [-0.25, -0.2) is 4.79 Å². The van der Waals surface area contributed by atoms with Crippen molar-refractivity contribution < 1.29 is 4.79 Å². The van der Waals surface area contributed by atoms with E-state index in [1.807, 2.05) is 54.6 Å². The minimum Gasteiger partial charge on any atom is -0.325 e. The molecule has 0 aliphatic rings. The number of nitrogens with zero attached hydrogens (tertiary/aromatic N) is 2. The molecule has 1 heterocycles. The van der Waals surface area contributed by atoms with E-state index in [0.717, 1.165) is 15.0 Å². The van der Waals surface area contributed by atoms with Crippen LogP contribution in [-0.2, 0) is 17.9 Å². The van der Waals surface area contributed by atoms with Crippen molar-refractivity contribution in [1.82, 2.24) is 9.13 Å². The number of benzene rings is 3. The van der Waals surface area contributed by atoms with Gasteiger partial charge < -0.3 is 5.32 Å². The van der Waals surface area contributed by atoms with E-state index in [0.29, 0.717) is 12.2 Å². The molecule has 1 amide bonds. The van der Waals surface area contributed by atoms with Crippen LogP contribution in [0.25, 0.3) is 0 Å². The summed E-state index contributed by atoms with van der Waals surface area (Å²) in [7, 11) is 0. The van der Waals surface area contributed by atoms with E-state index in [1.165, 1.54) is 32.9 Å². The molecule has 6 nitrogen and oxygen atoms in total. The molecule has 4 rings (SSSR count). The van der Waals surface area contributed by atoms with Crippen molar-refractivity contribution >= 4 is 23.4 Å². The molecule has 3 aromatic carbocycles. The Balaban J connectivity index is 1.43. The molecule has 1 N–H and O–H groups in total. The molecule has 0 radical (unpaired) electrons. The second-order valence-electron chi connectivity index (χ2n) is 8.08. The molecule has 0 fully saturated rings. The number of aromatic nitrogens is 2. The number of carbonyl (C=O) groups excluding carboxylic acids is 1. The summed E-state index contributed by atoms with van der Waals surface area (Å²) in [5.41, 5.74) is 2.91. The van der Waals surface area contributed by atoms with Gasteiger partial charge in [0.05, 0.1) is 6.54 Å². The van der Waals surface area contributed by atoms with Gasteiger partial charge in [-0.15, -0.1) is 0 Å². The number of hydrogen-bond acceptors (Lipinski definition) is 4. The summed E-state index contributed by atoms with van der Waals surface area (Å²) >= 11 is 1.66. The summed E-state index contributed by atoms with van der Waals surface area (Å²) in [4.78, 5) is 39.9. The molecule has 4 aromatic rings. The maximum Gasteiger partial charge on any atom is 0.331 e. The Kier molecular flexibility index (Phi) is 7.13. The predicted molar refractivity (Wildman–Crippen MR) is 136 cm³/mol. The Labute approximate surface area is 201 Å². The van der Waals surface area contributed by atoms with Crippen LogP contribution in [0.2, 0.25) is 0 Å². The monoisotopic (exact) mass is 471 g/mol. The fraction of sp³-hybridized carbons (Fsp3) is 0.148. The molecule has 0 aliphatic heterocycles. The van der Waals surface area contributed by atoms with Gasteiger partial charge in [-0.05, 0) is 60.9 Å². The fourth-order valence-electron chi connectivity index (χ4n) is 3.50. The third-order valence-electron chi connectivity index (χ3n) is 5.35. The van der Waals surface area contributed by atoms with Crippen LogP contribution in [0.4, 0.5) is 5.69 Å². The van der Waals surface area contributed by atoms with Gasteiger partial charge in [0.2, 0.25) is 5.91 Å². The second kappa shape index (κ2) is 10.4. The molecule has 7 heteroatoms. The molecule has 0 bridgehead atoms. The van der Waals surface area contributed by atoms with Gasteiger partial charge in [-0.3, -0.25) is 18.7 Å². The summed E-state index contributed by atoms with van der Waals surface area (Å²) in [5.74, 6) is -0.438. The minimum absolute atomic E-state index is 0.321. The normalized spacial score (nSPS) is 10.8. The zero-order valence-corrected chi connectivity index (χ0v) is 19.8. The largest absolute Gasteiger partial charge is 0.331 e. The van der Waals surface area contributed by atoms with Crippen LogP contribution < -0.4 is 16.6 Å². The molecule has 0 aliphatic carbocycles. The highest BCUT2D eigenvalue weighted by Crippen LogP contribution is 2.31. The molecule has 0 spiro atoms. The molecule has 0 unspecified atom stereocenters. The second-order valence-corrected chi connectivity index (χ2v) is 9.20. The minimum atomic E-state index is -0.522. The molecule has 0 atom stereocenters. The predicted octanol–water partition coefficient (Wildman–Crippen LogP) is 4.47.